The van der Waals surface area contributed by atoms with E-state index < -0.39 is 6.04 Å². The first-order valence-corrected chi connectivity index (χ1v) is 5.19. The number of ether oxygens (including phenoxy) is 1. The second-order valence-corrected chi connectivity index (χ2v) is 3.65. The summed E-state index contributed by atoms with van der Waals surface area (Å²) in [6.45, 7) is 3.69. The van der Waals surface area contributed by atoms with E-state index in [2.05, 4.69) is 11.3 Å². The van der Waals surface area contributed by atoms with Crippen molar-refractivity contribution in [3.8, 4) is 0 Å². The fourth-order valence-corrected chi connectivity index (χ4v) is 1.54. The summed E-state index contributed by atoms with van der Waals surface area (Å²) in [6.07, 6.45) is 3.16. The Balaban J connectivity index is 0.00000256. The minimum atomic E-state index is -0.594. The van der Waals surface area contributed by atoms with Crippen LogP contribution in [-0.2, 0) is 22.4 Å². The first-order valence-electron chi connectivity index (χ1n) is 5.19. The number of allylic oxidation sites excluding steroid dienone is 1. The van der Waals surface area contributed by atoms with Crippen LogP contribution in [0.1, 0.15) is 11.1 Å². The zero-order valence-corrected chi connectivity index (χ0v) is 10.7. The van der Waals surface area contributed by atoms with Gasteiger partial charge < -0.3 is 10.5 Å². The summed E-state index contributed by atoms with van der Waals surface area (Å²) in [5, 5.41) is 0. The second-order valence-electron chi connectivity index (χ2n) is 3.65. The smallest absolute Gasteiger partial charge is 0.322 e. The predicted molar refractivity (Wildman–Crippen MR) is 71.3 cm³/mol. The van der Waals surface area contributed by atoms with Crippen LogP contribution in [0, 0.1) is 0 Å². The van der Waals surface area contributed by atoms with E-state index in [-0.39, 0.29) is 18.4 Å². The molecule has 0 aliphatic heterocycles. The Morgan fingerprint density at radius 1 is 1.53 bits per heavy atom. The number of benzene rings is 1. The standard InChI is InChI=1S/C13H17NO2.ClH/c1-3-5-10-6-4-7-11(8-10)9-12(14)13(15)16-2;/h3-4,6-8,12H,1,5,9,14H2,2H3;1H/t12-;/m0./s1. The Bertz CT molecular complexity index is 379. The fourth-order valence-electron chi connectivity index (χ4n) is 1.54. The van der Waals surface area contributed by atoms with Gasteiger partial charge in [0.2, 0.25) is 0 Å². The SMILES string of the molecule is C=CCc1cccc(C[C@H](N)C(=O)OC)c1.Cl. The Labute approximate surface area is 108 Å². The normalized spacial score (nSPS) is 11.2. The van der Waals surface area contributed by atoms with E-state index in [9.17, 15) is 4.79 Å². The minimum Gasteiger partial charge on any atom is -0.468 e. The van der Waals surface area contributed by atoms with E-state index >= 15 is 0 Å². The highest BCUT2D eigenvalue weighted by Gasteiger charge is 2.13. The van der Waals surface area contributed by atoms with Crippen molar-refractivity contribution in [3.63, 3.8) is 0 Å². The molecule has 94 valence electrons. The molecule has 0 fully saturated rings. The number of halogens is 1. The van der Waals surface area contributed by atoms with E-state index in [1.807, 2.05) is 30.3 Å². The van der Waals surface area contributed by atoms with Gasteiger partial charge in [-0.05, 0) is 24.0 Å². The molecule has 1 aromatic rings. The van der Waals surface area contributed by atoms with E-state index in [1.165, 1.54) is 12.7 Å². The maximum absolute atomic E-state index is 11.2. The summed E-state index contributed by atoms with van der Waals surface area (Å²) in [5.74, 6) is -0.380. The van der Waals surface area contributed by atoms with Crippen LogP contribution < -0.4 is 5.73 Å². The average molecular weight is 256 g/mol. The maximum Gasteiger partial charge on any atom is 0.322 e. The Morgan fingerprint density at radius 2 is 2.18 bits per heavy atom. The van der Waals surface area contributed by atoms with Gasteiger partial charge in [0.05, 0.1) is 7.11 Å². The van der Waals surface area contributed by atoms with Crippen molar-refractivity contribution in [1.29, 1.82) is 0 Å². The number of carbonyl (C=O) groups is 1. The lowest BCUT2D eigenvalue weighted by Crippen LogP contribution is -2.33. The molecule has 1 aromatic carbocycles. The van der Waals surface area contributed by atoms with Gasteiger partial charge in [-0.2, -0.15) is 0 Å². The molecule has 0 aliphatic carbocycles. The Kier molecular flexibility index (Phi) is 7.26. The second kappa shape index (κ2) is 7.87. The molecule has 3 nitrogen and oxygen atoms in total. The molecule has 4 heteroatoms. The van der Waals surface area contributed by atoms with Crippen LogP contribution in [0.4, 0.5) is 0 Å². The summed E-state index contributed by atoms with van der Waals surface area (Å²) in [5.41, 5.74) is 7.90. The van der Waals surface area contributed by atoms with Gasteiger partial charge >= 0.3 is 5.97 Å². The van der Waals surface area contributed by atoms with Crippen LogP contribution >= 0.6 is 12.4 Å². The number of nitrogens with two attached hydrogens (primary N) is 1. The van der Waals surface area contributed by atoms with Crippen LogP contribution in [0.3, 0.4) is 0 Å². The van der Waals surface area contributed by atoms with Crippen molar-refractivity contribution in [1.82, 2.24) is 0 Å². The van der Waals surface area contributed by atoms with Gasteiger partial charge in [0.15, 0.2) is 0 Å². The van der Waals surface area contributed by atoms with Crippen molar-refractivity contribution in [2.75, 3.05) is 7.11 Å². The number of esters is 1. The minimum absolute atomic E-state index is 0. The first-order chi connectivity index (χ1) is 7.67. The van der Waals surface area contributed by atoms with Crippen LogP contribution in [0.2, 0.25) is 0 Å². The van der Waals surface area contributed by atoms with Gasteiger partial charge in [-0.25, -0.2) is 0 Å². The molecule has 0 unspecified atom stereocenters. The summed E-state index contributed by atoms with van der Waals surface area (Å²) in [4.78, 5) is 11.2. The molecular formula is C13H18ClNO2. The lowest BCUT2D eigenvalue weighted by Gasteiger charge is -2.09. The summed E-state index contributed by atoms with van der Waals surface area (Å²) in [6, 6.07) is 7.37. The van der Waals surface area contributed by atoms with Crippen molar-refractivity contribution >= 4 is 18.4 Å². The van der Waals surface area contributed by atoms with E-state index in [4.69, 9.17) is 5.73 Å². The third-order valence-electron chi connectivity index (χ3n) is 2.33. The highest BCUT2D eigenvalue weighted by molar-refractivity contribution is 5.85. The van der Waals surface area contributed by atoms with E-state index in [0.29, 0.717) is 6.42 Å². The molecule has 0 heterocycles. The van der Waals surface area contributed by atoms with Crippen molar-refractivity contribution < 1.29 is 9.53 Å². The topological polar surface area (TPSA) is 52.3 Å². The lowest BCUT2D eigenvalue weighted by molar-refractivity contribution is -0.142. The lowest BCUT2D eigenvalue weighted by atomic mass is 10.0. The third-order valence-corrected chi connectivity index (χ3v) is 2.33. The van der Waals surface area contributed by atoms with Gasteiger partial charge in [-0.3, -0.25) is 4.79 Å². The van der Waals surface area contributed by atoms with Gasteiger partial charge in [-0.15, -0.1) is 19.0 Å². The number of methoxy groups -OCH3 is 1. The summed E-state index contributed by atoms with van der Waals surface area (Å²) < 4.78 is 4.58. The molecule has 0 radical (unpaired) electrons. The Hall–Kier alpha value is -1.32. The largest absolute Gasteiger partial charge is 0.468 e. The maximum atomic E-state index is 11.2. The molecule has 0 aliphatic rings. The van der Waals surface area contributed by atoms with Crippen LogP contribution in [0.15, 0.2) is 36.9 Å². The monoisotopic (exact) mass is 255 g/mol. The van der Waals surface area contributed by atoms with Gasteiger partial charge in [-0.1, -0.05) is 30.3 Å². The number of hydrogen-bond acceptors (Lipinski definition) is 3. The average Bonchev–Trinajstić information content (AvgIpc) is 2.29. The quantitative estimate of drug-likeness (QED) is 0.646. The molecule has 17 heavy (non-hydrogen) atoms. The van der Waals surface area contributed by atoms with Crippen LogP contribution in [-0.4, -0.2) is 19.1 Å². The zero-order valence-electron chi connectivity index (χ0n) is 9.89. The molecule has 2 N–H and O–H groups in total. The summed E-state index contributed by atoms with van der Waals surface area (Å²) >= 11 is 0. The van der Waals surface area contributed by atoms with Crippen molar-refractivity contribution in [3.05, 3.63) is 48.0 Å². The highest BCUT2D eigenvalue weighted by Crippen LogP contribution is 2.08. The van der Waals surface area contributed by atoms with Crippen molar-refractivity contribution in [2.24, 2.45) is 5.73 Å². The van der Waals surface area contributed by atoms with Crippen molar-refractivity contribution in [2.45, 2.75) is 18.9 Å². The molecule has 0 saturated carbocycles. The number of hydrogen-bond donors (Lipinski definition) is 1. The fraction of sp³-hybridized carbons (Fsp3) is 0.308. The summed E-state index contributed by atoms with van der Waals surface area (Å²) in [7, 11) is 1.34. The third kappa shape index (κ3) is 5.02. The molecule has 1 rings (SSSR count). The molecule has 0 bridgehead atoms. The van der Waals surface area contributed by atoms with Gasteiger partial charge in [0.25, 0.3) is 0 Å². The Morgan fingerprint density at radius 3 is 2.76 bits per heavy atom. The molecule has 1 atom stereocenters. The first kappa shape index (κ1) is 15.7. The predicted octanol–water partition coefficient (Wildman–Crippen LogP) is 1.88. The molecular weight excluding hydrogens is 238 g/mol. The molecule has 0 spiro atoms. The van der Waals surface area contributed by atoms with E-state index in [0.717, 1.165) is 12.0 Å². The molecule has 0 saturated heterocycles. The van der Waals surface area contributed by atoms with E-state index in [1.54, 1.807) is 0 Å². The molecule has 0 aromatic heterocycles. The number of rotatable bonds is 5. The van der Waals surface area contributed by atoms with Crippen LogP contribution in [0.5, 0.6) is 0 Å². The molecule has 0 amide bonds. The van der Waals surface area contributed by atoms with Crippen LogP contribution in [0.25, 0.3) is 0 Å². The van der Waals surface area contributed by atoms with Gasteiger partial charge in [0, 0.05) is 0 Å². The number of carbonyl (C=O) groups excluding carboxylic acids is 1. The zero-order chi connectivity index (χ0) is 12.0. The van der Waals surface area contributed by atoms with Gasteiger partial charge in [0.1, 0.15) is 6.04 Å². The highest BCUT2D eigenvalue weighted by atomic mass is 35.5.